The molecule has 6 nitrogen and oxygen atoms in total. The van der Waals surface area contributed by atoms with Gasteiger partial charge >= 0.3 is 0 Å². The number of hydrogen-bond donors (Lipinski definition) is 1. The fourth-order valence-corrected chi connectivity index (χ4v) is 1.48. The van der Waals surface area contributed by atoms with Gasteiger partial charge in [-0.3, -0.25) is 9.69 Å². The zero-order valence-electron chi connectivity index (χ0n) is 11.9. The Bertz CT molecular complexity index is 207. The van der Waals surface area contributed by atoms with Gasteiger partial charge in [-0.05, 0) is 13.0 Å². The van der Waals surface area contributed by atoms with Gasteiger partial charge in [-0.2, -0.15) is 0 Å². The van der Waals surface area contributed by atoms with Crippen LogP contribution in [0.2, 0.25) is 0 Å². The van der Waals surface area contributed by atoms with E-state index in [0.29, 0.717) is 32.8 Å². The van der Waals surface area contributed by atoms with E-state index in [4.69, 9.17) is 15.2 Å². The van der Waals surface area contributed by atoms with Crippen molar-refractivity contribution in [1.82, 2.24) is 9.80 Å². The number of methoxy groups -OCH3 is 2. The van der Waals surface area contributed by atoms with Crippen molar-refractivity contribution in [1.29, 1.82) is 0 Å². The summed E-state index contributed by atoms with van der Waals surface area (Å²) in [6, 6.07) is 0. The lowest BCUT2D eigenvalue weighted by Crippen LogP contribution is -2.41. The van der Waals surface area contributed by atoms with Gasteiger partial charge in [-0.1, -0.05) is 0 Å². The highest BCUT2D eigenvalue weighted by molar-refractivity contribution is 5.77. The zero-order valence-corrected chi connectivity index (χ0v) is 11.9. The molecule has 0 heterocycles. The van der Waals surface area contributed by atoms with Crippen molar-refractivity contribution in [3.63, 3.8) is 0 Å². The van der Waals surface area contributed by atoms with Crippen molar-refractivity contribution in [2.45, 2.75) is 6.42 Å². The summed E-state index contributed by atoms with van der Waals surface area (Å²) in [4.78, 5) is 15.7. The first kappa shape index (κ1) is 17.3. The molecule has 1 amide bonds. The van der Waals surface area contributed by atoms with Crippen LogP contribution < -0.4 is 5.73 Å². The number of carbonyl (C=O) groups is 1. The molecule has 0 aliphatic rings. The zero-order chi connectivity index (χ0) is 13.8. The average molecular weight is 261 g/mol. The molecule has 0 saturated carbocycles. The van der Waals surface area contributed by atoms with Gasteiger partial charge in [0.05, 0.1) is 19.8 Å². The second kappa shape index (κ2) is 11.4. The van der Waals surface area contributed by atoms with Gasteiger partial charge in [-0.25, -0.2) is 0 Å². The van der Waals surface area contributed by atoms with Crippen molar-refractivity contribution in [2.24, 2.45) is 5.73 Å². The number of hydrogen-bond acceptors (Lipinski definition) is 5. The second-order valence-corrected chi connectivity index (χ2v) is 4.22. The van der Waals surface area contributed by atoms with E-state index in [-0.39, 0.29) is 5.91 Å². The molecular formula is C12H27N3O3. The fraction of sp³-hybridized carbons (Fsp3) is 0.917. The van der Waals surface area contributed by atoms with Crippen LogP contribution in [0.5, 0.6) is 0 Å². The SMILES string of the molecule is COCCN(CCOC)CC(=O)N(C)CCCN. The molecule has 0 atom stereocenters. The molecule has 0 aliphatic carbocycles. The van der Waals surface area contributed by atoms with Crippen LogP contribution in [0.15, 0.2) is 0 Å². The molecule has 2 N–H and O–H groups in total. The van der Waals surface area contributed by atoms with Gasteiger partial charge < -0.3 is 20.1 Å². The summed E-state index contributed by atoms with van der Waals surface area (Å²) in [6.07, 6.45) is 0.832. The molecule has 6 heteroatoms. The monoisotopic (exact) mass is 261 g/mol. The van der Waals surface area contributed by atoms with E-state index < -0.39 is 0 Å². The molecule has 0 aromatic heterocycles. The smallest absolute Gasteiger partial charge is 0.236 e. The van der Waals surface area contributed by atoms with Crippen molar-refractivity contribution in [2.75, 3.05) is 67.2 Å². The van der Waals surface area contributed by atoms with E-state index in [0.717, 1.165) is 19.5 Å². The number of amides is 1. The minimum absolute atomic E-state index is 0.107. The number of nitrogens with zero attached hydrogens (tertiary/aromatic N) is 2. The number of carbonyl (C=O) groups excluding carboxylic acids is 1. The molecule has 0 aliphatic heterocycles. The Morgan fingerprint density at radius 2 is 1.67 bits per heavy atom. The highest BCUT2D eigenvalue weighted by Crippen LogP contribution is 1.94. The molecule has 0 fully saturated rings. The standard InChI is InChI=1S/C12H27N3O3/c1-14(6-4-5-13)12(16)11-15(7-9-17-2)8-10-18-3/h4-11,13H2,1-3H3. The summed E-state index contributed by atoms with van der Waals surface area (Å²) in [7, 11) is 5.12. The molecule has 0 radical (unpaired) electrons. The lowest BCUT2D eigenvalue weighted by molar-refractivity contribution is -0.131. The highest BCUT2D eigenvalue weighted by Gasteiger charge is 2.13. The Balaban J connectivity index is 4.06. The van der Waals surface area contributed by atoms with Crippen LogP contribution in [-0.4, -0.2) is 82.9 Å². The molecule has 0 bridgehead atoms. The Labute approximate surface area is 110 Å². The van der Waals surface area contributed by atoms with Crippen LogP contribution in [0, 0.1) is 0 Å². The molecular weight excluding hydrogens is 234 g/mol. The van der Waals surface area contributed by atoms with E-state index >= 15 is 0 Å². The van der Waals surface area contributed by atoms with Gasteiger partial charge in [0.1, 0.15) is 0 Å². The summed E-state index contributed by atoms with van der Waals surface area (Å²) in [5.74, 6) is 0.107. The normalized spacial score (nSPS) is 10.9. The van der Waals surface area contributed by atoms with E-state index in [1.54, 1.807) is 19.1 Å². The number of ether oxygens (including phenoxy) is 2. The fourth-order valence-electron chi connectivity index (χ4n) is 1.48. The van der Waals surface area contributed by atoms with Gasteiger partial charge in [-0.15, -0.1) is 0 Å². The van der Waals surface area contributed by atoms with Crippen LogP contribution in [0.4, 0.5) is 0 Å². The third-order valence-corrected chi connectivity index (χ3v) is 2.71. The molecule has 0 aromatic rings. The van der Waals surface area contributed by atoms with Gasteiger partial charge in [0, 0.05) is 40.9 Å². The molecule has 18 heavy (non-hydrogen) atoms. The van der Waals surface area contributed by atoms with Crippen LogP contribution >= 0.6 is 0 Å². The largest absolute Gasteiger partial charge is 0.383 e. The highest BCUT2D eigenvalue weighted by atomic mass is 16.5. The third-order valence-electron chi connectivity index (χ3n) is 2.71. The molecule has 0 aromatic carbocycles. The lowest BCUT2D eigenvalue weighted by atomic mass is 10.3. The molecule has 108 valence electrons. The Hall–Kier alpha value is -0.690. The Kier molecular flexibility index (Phi) is 11.0. The van der Waals surface area contributed by atoms with Crippen LogP contribution in [0.1, 0.15) is 6.42 Å². The molecule has 0 unspecified atom stereocenters. The van der Waals surface area contributed by atoms with Gasteiger partial charge in [0.2, 0.25) is 5.91 Å². The summed E-state index contributed by atoms with van der Waals surface area (Å²) in [5, 5.41) is 0. The quantitative estimate of drug-likeness (QED) is 0.537. The maximum atomic E-state index is 11.9. The van der Waals surface area contributed by atoms with Gasteiger partial charge in [0.15, 0.2) is 0 Å². The first-order valence-corrected chi connectivity index (χ1v) is 6.30. The minimum atomic E-state index is 0.107. The topological polar surface area (TPSA) is 68.0 Å². The van der Waals surface area contributed by atoms with Crippen molar-refractivity contribution in [3.8, 4) is 0 Å². The maximum absolute atomic E-state index is 11.9. The number of rotatable bonds is 11. The first-order valence-electron chi connectivity index (χ1n) is 6.30. The predicted molar refractivity (Wildman–Crippen MR) is 71.5 cm³/mol. The van der Waals surface area contributed by atoms with Crippen LogP contribution in [0.25, 0.3) is 0 Å². The summed E-state index contributed by atoms with van der Waals surface area (Å²) in [5.41, 5.74) is 5.43. The van der Waals surface area contributed by atoms with Crippen molar-refractivity contribution >= 4 is 5.91 Å². The average Bonchev–Trinajstić information content (AvgIpc) is 2.38. The van der Waals surface area contributed by atoms with E-state index in [1.807, 2.05) is 11.9 Å². The number of likely N-dealkylation sites (N-methyl/N-ethyl adjacent to an activating group) is 1. The van der Waals surface area contributed by atoms with Crippen LogP contribution in [-0.2, 0) is 14.3 Å². The molecule has 0 spiro atoms. The summed E-state index contributed by atoms with van der Waals surface area (Å²) in [6.45, 7) is 4.40. The van der Waals surface area contributed by atoms with E-state index in [9.17, 15) is 4.79 Å². The van der Waals surface area contributed by atoms with E-state index in [1.165, 1.54) is 0 Å². The second-order valence-electron chi connectivity index (χ2n) is 4.22. The van der Waals surface area contributed by atoms with Gasteiger partial charge in [0.25, 0.3) is 0 Å². The van der Waals surface area contributed by atoms with Crippen LogP contribution in [0.3, 0.4) is 0 Å². The van der Waals surface area contributed by atoms with Crippen molar-refractivity contribution in [3.05, 3.63) is 0 Å². The lowest BCUT2D eigenvalue weighted by Gasteiger charge is -2.24. The summed E-state index contributed by atoms with van der Waals surface area (Å²) < 4.78 is 10.1. The maximum Gasteiger partial charge on any atom is 0.236 e. The Morgan fingerprint density at radius 1 is 1.11 bits per heavy atom. The van der Waals surface area contributed by atoms with Crippen molar-refractivity contribution < 1.29 is 14.3 Å². The third kappa shape index (κ3) is 8.41. The van der Waals surface area contributed by atoms with E-state index in [2.05, 4.69) is 0 Å². The molecule has 0 saturated heterocycles. The molecule has 0 rings (SSSR count). The number of nitrogens with two attached hydrogens (primary N) is 1. The first-order chi connectivity index (χ1) is 8.65. The summed E-state index contributed by atoms with van der Waals surface area (Å²) >= 11 is 0. The predicted octanol–water partition coefficient (Wildman–Crippen LogP) is -0.612. The Morgan fingerprint density at radius 3 is 2.11 bits per heavy atom. The minimum Gasteiger partial charge on any atom is -0.383 e.